The molecule has 0 aliphatic heterocycles. The number of hydrogen-bond donors (Lipinski definition) is 2. The molecule has 0 aromatic carbocycles. The van der Waals surface area contributed by atoms with Gasteiger partial charge >= 0.3 is 6.03 Å². The number of carbonyl (C=O) groups is 1. The summed E-state index contributed by atoms with van der Waals surface area (Å²) in [6, 6.07) is 0.293. The van der Waals surface area contributed by atoms with Gasteiger partial charge in [0.2, 0.25) is 0 Å². The molecule has 1 aromatic rings. The molecule has 2 N–H and O–H groups in total. The molecule has 1 aliphatic carbocycles. The standard InChI is InChI=1S/C14H23N3OS/c1-10(2)13-16-12(9-19-13)8-15-14(18)17-11-6-4-3-5-7-11/h9-11H,3-8H2,1-2H3,(H2,15,17,18). The van der Waals surface area contributed by atoms with Crippen molar-refractivity contribution in [3.8, 4) is 0 Å². The molecule has 1 fully saturated rings. The van der Waals surface area contributed by atoms with Crippen molar-refractivity contribution in [2.24, 2.45) is 0 Å². The zero-order chi connectivity index (χ0) is 13.7. The fourth-order valence-corrected chi connectivity index (χ4v) is 3.16. The number of rotatable bonds is 4. The maximum atomic E-state index is 11.8. The van der Waals surface area contributed by atoms with Crippen molar-refractivity contribution < 1.29 is 4.79 Å². The quantitative estimate of drug-likeness (QED) is 0.888. The molecule has 0 saturated heterocycles. The van der Waals surface area contributed by atoms with Crippen LogP contribution in [0.2, 0.25) is 0 Å². The monoisotopic (exact) mass is 281 g/mol. The molecule has 1 aromatic heterocycles. The molecule has 0 unspecified atom stereocenters. The number of nitrogens with one attached hydrogen (secondary N) is 2. The molecule has 5 heteroatoms. The van der Waals surface area contributed by atoms with Crippen molar-refractivity contribution in [3.05, 3.63) is 16.1 Å². The van der Waals surface area contributed by atoms with Crippen molar-refractivity contribution in [1.82, 2.24) is 15.6 Å². The van der Waals surface area contributed by atoms with E-state index in [1.165, 1.54) is 19.3 Å². The summed E-state index contributed by atoms with van der Waals surface area (Å²) < 4.78 is 0. The van der Waals surface area contributed by atoms with Crippen molar-refractivity contribution in [3.63, 3.8) is 0 Å². The SMILES string of the molecule is CC(C)c1nc(CNC(=O)NC2CCCCC2)cs1. The minimum atomic E-state index is -0.0639. The van der Waals surface area contributed by atoms with Gasteiger partial charge in [-0.2, -0.15) is 0 Å². The van der Waals surface area contributed by atoms with Crippen molar-refractivity contribution in [2.45, 2.75) is 64.5 Å². The molecule has 2 amide bonds. The lowest BCUT2D eigenvalue weighted by Gasteiger charge is -2.22. The minimum Gasteiger partial charge on any atom is -0.335 e. The highest BCUT2D eigenvalue weighted by Crippen LogP contribution is 2.19. The van der Waals surface area contributed by atoms with Crippen LogP contribution in [0.25, 0.3) is 0 Å². The number of carbonyl (C=O) groups excluding carboxylic acids is 1. The average molecular weight is 281 g/mol. The third-order valence-electron chi connectivity index (χ3n) is 3.43. The van der Waals surface area contributed by atoms with Crippen LogP contribution in [-0.4, -0.2) is 17.1 Å². The molecule has 0 bridgehead atoms. The van der Waals surface area contributed by atoms with Gasteiger partial charge in [-0.05, 0) is 12.8 Å². The fourth-order valence-electron chi connectivity index (χ4n) is 2.32. The van der Waals surface area contributed by atoms with Gasteiger partial charge in [-0.15, -0.1) is 11.3 Å². The predicted octanol–water partition coefficient (Wildman–Crippen LogP) is 3.40. The van der Waals surface area contributed by atoms with Crippen LogP contribution >= 0.6 is 11.3 Å². The molecule has 4 nitrogen and oxygen atoms in total. The van der Waals surface area contributed by atoms with Crippen LogP contribution < -0.4 is 10.6 Å². The molecule has 0 radical (unpaired) electrons. The smallest absolute Gasteiger partial charge is 0.315 e. The Morgan fingerprint density at radius 2 is 2.16 bits per heavy atom. The largest absolute Gasteiger partial charge is 0.335 e. The Kier molecular flexibility index (Phi) is 5.19. The Bertz CT molecular complexity index is 411. The zero-order valence-electron chi connectivity index (χ0n) is 11.7. The van der Waals surface area contributed by atoms with Gasteiger partial charge in [-0.25, -0.2) is 9.78 Å². The molecule has 1 aliphatic rings. The summed E-state index contributed by atoms with van der Waals surface area (Å²) in [5, 5.41) is 9.09. The third kappa shape index (κ3) is 4.49. The van der Waals surface area contributed by atoms with Crippen LogP contribution in [-0.2, 0) is 6.54 Å². The second-order valence-corrected chi connectivity index (χ2v) is 6.38. The zero-order valence-corrected chi connectivity index (χ0v) is 12.6. The normalized spacial score (nSPS) is 16.6. The maximum Gasteiger partial charge on any atom is 0.315 e. The summed E-state index contributed by atoms with van der Waals surface area (Å²) in [5.41, 5.74) is 0.951. The Morgan fingerprint density at radius 1 is 1.42 bits per heavy atom. The molecular weight excluding hydrogens is 258 g/mol. The van der Waals surface area contributed by atoms with E-state index in [9.17, 15) is 4.79 Å². The van der Waals surface area contributed by atoms with Crippen LogP contribution in [0.1, 0.15) is 62.6 Å². The first kappa shape index (κ1) is 14.3. The van der Waals surface area contributed by atoms with Crippen molar-refractivity contribution in [2.75, 3.05) is 0 Å². The van der Waals surface area contributed by atoms with E-state index in [1.54, 1.807) is 11.3 Å². The topological polar surface area (TPSA) is 54.0 Å². The number of hydrogen-bond acceptors (Lipinski definition) is 3. The highest BCUT2D eigenvalue weighted by molar-refractivity contribution is 7.09. The van der Waals surface area contributed by atoms with Crippen LogP contribution in [0.15, 0.2) is 5.38 Å². The molecule has 0 spiro atoms. The van der Waals surface area contributed by atoms with E-state index >= 15 is 0 Å². The Morgan fingerprint density at radius 3 is 2.79 bits per heavy atom. The summed E-state index contributed by atoms with van der Waals surface area (Å²) in [4.78, 5) is 16.3. The maximum absolute atomic E-state index is 11.8. The van der Waals surface area contributed by atoms with Crippen LogP contribution in [0.5, 0.6) is 0 Å². The van der Waals surface area contributed by atoms with Gasteiger partial charge in [0.15, 0.2) is 0 Å². The summed E-state index contributed by atoms with van der Waals surface area (Å²) in [6.07, 6.45) is 5.99. The van der Waals surface area contributed by atoms with Gasteiger partial charge in [-0.3, -0.25) is 0 Å². The average Bonchev–Trinajstić information content (AvgIpc) is 2.86. The van der Waals surface area contributed by atoms with Crippen LogP contribution in [0.3, 0.4) is 0 Å². The Hall–Kier alpha value is -1.10. The van der Waals surface area contributed by atoms with E-state index in [0.29, 0.717) is 18.5 Å². The molecule has 19 heavy (non-hydrogen) atoms. The summed E-state index contributed by atoms with van der Waals surface area (Å²) in [7, 11) is 0. The number of nitrogens with zero attached hydrogens (tertiary/aromatic N) is 1. The van der Waals surface area contributed by atoms with Crippen molar-refractivity contribution >= 4 is 17.4 Å². The fraction of sp³-hybridized carbons (Fsp3) is 0.714. The second-order valence-electron chi connectivity index (χ2n) is 5.49. The van der Waals surface area contributed by atoms with Gasteiger partial charge in [0.25, 0.3) is 0 Å². The lowest BCUT2D eigenvalue weighted by atomic mass is 9.96. The van der Waals surface area contributed by atoms with E-state index in [4.69, 9.17) is 0 Å². The molecule has 0 atom stereocenters. The van der Waals surface area contributed by atoms with E-state index in [0.717, 1.165) is 23.5 Å². The lowest BCUT2D eigenvalue weighted by molar-refractivity contribution is 0.232. The first-order valence-corrected chi connectivity index (χ1v) is 8.02. The first-order chi connectivity index (χ1) is 9.15. The molecular formula is C14H23N3OS. The Balaban J connectivity index is 1.73. The highest BCUT2D eigenvalue weighted by atomic mass is 32.1. The molecule has 1 heterocycles. The molecule has 1 saturated carbocycles. The van der Waals surface area contributed by atoms with Gasteiger partial charge in [-0.1, -0.05) is 33.1 Å². The van der Waals surface area contributed by atoms with E-state index in [1.807, 2.05) is 5.38 Å². The Labute approximate surface area is 119 Å². The number of thiazole rings is 1. The summed E-state index contributed by atoms with van der Waals surface area (Å²) in [6.45, 7) is 4.78. The molecule has 2 rings (SSSR count). The van der Waals surface area contributed by atoms with Gasteiger partial charge in [0, 0.05) is 17.3 Å². The summed E-state index contributed by atoms with van der Waals surface area (Å²) >= 11 is 1.66. The van der Waals surface area contributed by atoms with E-state index in [-0.39, 0.29) is 6.03 Å². The third-order valence-corrected chi connectivity index (χ3v) is 4.63. The molecule has 106 valence electrons. The number of aromatic nitrogens is 1. The van der Waals surface area contributed by atoms with Gasteiger partial charge in [0.05, 0.1) is 17.2 Å². The highest BCUT2D eigenvalue weighted by Gasteiger charge is 2.15. The minimum absolute atomic E-state index is 0.0639. The van der Waals surface area contributed by atoms with Crippen molar-refractivity contribution in [1.29, 1.82) is 0 Å². The summed E-state index contributed by atoms with van der Waals surface area (Å²) in [5.74, 6) is 0.454. The predicted molar refractivity (Wildman–Crippen MR) is 78.4 cm³/mol. The van der Waals surface area contributed by atoms with E-state index in [2.05, 4.69) is 29.5 Å². The van der Waals surface area contributed by atoms with Gasteiger partial charge in [0.1, 0.15) is 0 Å². The van der Waals surface area contributed by atoms with Crippen LogP contribution in [0, 0.1) is 0 Å². The second kappa shape index (κ2) is 6.89. The van der Waals surface area contributed by atoms with Gasteiger partial charge < -0.3 is 10.6 Å². The number of urea groups is 1. The van der Waals surface area contributed by atoms with E-state index < -0.39 is 0 Å². The first-order valence-electron chi connectivity index (χ1n) is 7.14. The number of amides is 2. The lowest BCUT2D eigenvalue weighted by Crippen LogP contribution is -2.42. The van der Waals surface area contributed by atoms with Crippen LogP contribution in [0.4, 0.5) is 4.79 Å².